The molecule has 2 aromatic heterocycles. The number of thiazole rings is 1. The smallest absolute Gasteiger partial charge is 0.127 e. The summed E-state index contributed by atoms with van der Waals surface area (Å²) in [5.74, 6) is 0.930. The van der Waals surface area contributed by atoms with Crippen LogP contribution in [0, 0.1) is 0 Å². The highest BCUT2D eigenvalue weighted by molar-refractivity contribution is 7.09. The van der Waals surface area contributed by atoms with Crippen LogP contribution in [-0.4, -0.2) is 14.5 Å². The minimum Gasteiger partial charge on any atom is -0.326 e. The van der Waals surface area contributed by atoms with E-state index in [0.717, 1.165) is 34.8 Å². The molecule has 0 N–H and O–H groups in total. The molecule has 0 amide bonds. The maximum Gasteiger partial charge on any atom is 0.127 e. The van der Waals surface area contributed by atoms with Crippen molar-refractivity contribution in [3.05, 3.63) is 46.7 Å². The van der Waals surface area contributed by atoms with E-state index in [0.29, 0.717) is 0 Å². The van der Waals surface area contributed by atoms with Crippen molar-refractivity contribution in [2.45, 2.75) is 25.3 Å². The van der Waals surface area contributed by atoms with E-state index >= 15 is 0 Å². The lowest BCUT2D eigenvalue weighted by Crippen LogP contribution is -2.06. The van der Waals surface area contributed by atoms with Gasteiger partial charge in [-0.25, -0.2) is 9.97 Å². The Labute approximate surface area is 120 Å². The number of hydrogen-bond donors (Lipinski definition) is 0. The fourth-order valence-corrected chi connectivity index (χ4v) is 2.99. The highest BCUT2D eigenvalue weighted by Crippen LogP contribution is 2.24. The molecule has 1 aromatic carbocycles. The number of halogens is 1. The van der Waals surface area contributed by atoms with Crippen LogP contribution in [0.1, 0.15) is 23.1 Å². The normalized spacial score (nSPS) is 12.9. The molecule has 3 rings (SSSR count). The average Bonchev–Trinajstić information content (AvgIpc) is 3.03. The zero-order valence-corrected chi connectivity index (χ0v) is 12.2. The molecule has 1 atom stereocenters. The van der Waals surface area contributed by atoms with E-state index in [4.69, 9.17) is 11.6 Å². The number of fused-ring (bicyclic) bond motifs is 1. The molecular weight excluding hydrogens is 278 g/mol. The molecule has 0 bridgehead atoms. The largest absolute Gasteiger partial charge is 0.326 e. The van der Waals surface area contributed by atoms with Crippen LogP contribution >= 0.6 is 22.9 Å². The van der Waals surface area contributed by atoms with E-state index in [2.05, 4.69) is 20.6 Å². The predicted octanol–water partition coefficient (Wildman–Crippen LogP) is 4.04. The molecule has 98 valence electrons. The van der Waals surface area contributed by atoms with Crippen LogP contribution in [0.2, 0.25) is 0 Å². The molecule has 0 radical (unpaired) electrons. The van der Waals surface area contributed by atoms with Crippen molar-refractivity contribution in [2.75, 3.05) is 0 Å². The topological polar surface area (TPSA) is 30.7 Å². The highest BCUT2D eigenvalue weighted by Gasteiger charge is 2.14. The molecule has 19 heavy (non-hydrogen) atoms. The fraction of sp³-hybridized carbons (Fsp3) is 0.286. The molecule has 0 spiro atoms. The monoisotopic (exact) mass is 291 g/mol. The summed E-state index contributed by atoms with van der Waals surface area (Å²) in [4.78, 5) is 8.95. The minimum atomic E-state index is -0.0938. The van der Waals surface area contributed by atoms with Crippen molar-refractivity contribution in [1.29, 1.82) is 0 Å². The van der Waals surface area contributed by atoms with Gasteiger partial charge in [-0.2, -0.15) is 0 Å². The molecule has 0 aliphatic heterocycles. The van der Waals surface area contributed by atoms with Gasteiger partial charge in [0.15, 0.2) is 0 Å². The molecule has 2 heterocycles. The Balaban J connectivity index is 1.97. The number of hydrogen-bond acceptors (Lipinski definition) is 3. The number of aromatic nitrogens is 3. The van der Waals surface area contributed by atoms with Crippen molar-refractivity contribution in [2.24, 2.45) is 0 Å². The van der Waals surface area contributed by atoms with Gasteiger partial charge in [0.1, 0.15) is 5.82 Å². The Morgan fingerprint density at radius 1 is 1.37 bits per heavy atom. The maximum atomic E-state index is 6.24. The summed E-state index contributed by atoms with van der Waals surface area (Å²) in [6.45, 7) is 2.82. The van der Waals surface area contributed by atoms with E-state index < -0.39 is 0 Å². The Kier molecular flexibility index (Phi) is 3.53. The van der Waals surface area contributed by atoms with Crippen LogP contribution < -0.4 is 0 Å². The lowest BCUT2D eigenvalue weighted by Gasteiger charge is -2.09. The first-order valence-corrected chi connectivity index (χ1v) is 7.55. The number of nitrogens with zero attached hydrogens (tertiary/aromatic N) is 3. The highest BCUT2D eigenvalue weighted by atomic mass is 35.5. The molecule has 0 saturated carbocycles. The summed E-state index contributed by atoms with van der Waals surface area (Å²) in [5, 5.41) is 3.06. The lowest BCUT2D eigenvalue weighted by atomic mass is 10.3. The number of alkyl halides is 1. The van der Waals surface area contributed by atoms with Crippen molar-refractivity contribution in [3.8, 4) is 0 Å². The Morgan fingerprint density at radius 2 is 2.21 bits per heavy atom. The molecule has 0 saturated heterocycles. The van der Waals surface area contributed by atoms with Gasteiger partial charge in [0.05, 0.1) is 21.4 Å². The summed E-state index contributed by atoms with van der Waals surface area (Å²) in [6, 6.07) is 8.15. The van der Waals surface area contributed by atoms with Crippen molar-refractivity contribution >= 4 is 34.0 Å². The van der Waals surface area contributed by atoms with Gasteiger partial charge < -0.3 is 4.57 Å². The third-order valence-corrected chi connectivity index (χ3v) is 4.11. The van der Waals surface area contributed by atoms with Gasteiger partial charge in [0, 0.05) is 24.5 Å². The third-order valence-electron chi connectivity index (χ3n) is 3.07. The van der Waals surface area contributed by atoms with Gasteiger partial charge in [-0.1, -0.05) is 12.1 Å². The molecule has 1 unspecified atom stereocenters. The first-order valence-electron chi connectivity index (χ1n) is 6.23. The number of imidazole rings is 1. The van der Waals surface area contributed by atoms with Crippen LogP contribution in [0.3, 0.4) is 0 Å². The van der Waals surface area contributed by atoms with E-state index in [1.807, 2.05) is 36.7 Å². The van der Waals surface area contributed by atoms with Crippen LogP contribution in [0.4, 0.5) is 0 Å². The van der Waals surface area contributed by atoms with Crippen LogP contribution in [0.15, 0.2) is 35.8 Å². The minimum absolute atomic E-state index is 0.0938. The third kappa shape index (κ3) is 2.51. The first kappa shape index (κ1) is 12.6. The summed E-state index contributed by atoms with van der Waals surface area (Å²) >= 11 is 7.93. The van der Waals surface area contributed by atoms with Gasteiger partial charge in [-0.05, 0) is 19.1 Å². The molecule has 0 aliphatic rings. The molecule has 5 heteroatoms. The number of aryl methyl sites for hydroxylation is 2. The standard InChI is InChI=1S/C14H14ClN3S/c1-10(15)14-17-11-4-2-3-5-12(11)18(14)8-6-13-16-7-9-19-13/h2-5,7,9-10H,6,8H2,1H3. The van der Waals surface area contributed by atoms with Crippen molar-refractivity contribution in [3.63, 3.8) is 0 Å². The van der Waals surface area contributed by atoms with Crippen molar-refractivity contribution < 1.29 is 0 Å². The van der Waals surface area contributed by atoms with E-state index in [9.17, 15) is 0 Å². The number of para-hydroxylation sites is 2. The van der Waals surface area contributed by atoms with E-state index in [1.54, 1.807) is 11.3 Å². The summed E-state index contributed by atoms with van der Waals surface area (Å²) in [7, 11) is 0. The summed E-state index contributed by atoms with van der Waals surface area (Å²) in [6.07, 6.45) is 2.76. The van der Waals surface area contributed by atoms with Gasteiger partial charge in [-0.3, -0.25) is 0 Å². The van der Waals surface area contributed by atoms with Crippen LogP contribution in [0.25, 0.3) is 11.0 Å². The zero-order valence-electron chi connectivity index (χ0n) is 10.6. The summed E-state index contributed by atoms with van der Waals surface area (Å²) in [5.41, 5.74) is 2.14. The van der Waals surface area contributed by atoms with Crippen LogP contribution in [-0.2, 0) is 13.0 Å². The van der Waals surface area contributed by atoms with Gasteiger partial charge >= 0.3 is 0 Å². The second-order valence-corrected chi connectivity index (χ2v) is 6.04. The van der Waals surface area contributed by atoms with Gasteiger partial charge in [0.25, 0.3) is 0 Å². The second kappa shape index (κ2) is 5.31. The average molecular weight is 292 g/mol. The Morgan fingerprint density at radius 3 is 2.95 bits per heavy atom. The fourth-order valence-electron chi connectivity index (χ4n) is 2.22. The second-order valence-electron chi connectivity index (χ2n) is 4.40. The molecule has 0 aliphatic carbocycles. The van der Waals surface area contributed by atoms with E-state index in [-0.39, 0.29) is 5.38 Å². The van der Waals surface area contributed by atoms with Gasteiger partial charge in [0.2, 0.25) is 0 Å². The molecular formula is C14H14ClN3S. The molecule has 3 nitrogen and oxygen atoms in total. The van der Waals surface area contributed by atoms with E-state index in [1.165, 1.54) is 0 Å². The Bertz CT molecular complexity index is 673. The summed E-state index contributed by atoms with van der Waals surface area (Å²) < 4.78 is 2.20. The quantitative estimate of drug-likeness (QED) is 0.679. The molecule has 0 fully saturated rings. The predicted molar refractivity (Wildman–Crippen MR) is 79.8 cm³/mol. The SMILES string of the molecule is CC(Cl)c1nc2ccccc2n1CCc1nccs1. The zero-order chi connectivity index (χ0) is 13.2. The lowest BCUT2D eigenvalue weighted by molar-refractivity contribution is 0.666. The first-order chi connectivity index (χ1) is 9.25. The number of rotatable bonds is 4. The van der Waals surface area contributed by atoms with Crippen molar-refractivity contribution in [1.82, 2.24) is 14.5 Å². The van der Waals surface area contributed by atoms with Gasteiger partial charge in [-0.15, -0.1) is 22.9 Å². The molecule has 3 aromatic rings. The van der Waals surface area contributed by atoms with Crippen LogP contribution in [0.5, 0.6) is 0 Å². The Hall–Kier alpha value is -1.39. The maximum absolute atomic E-state index is 6.24. The number of benzene rings is 1.